The third-order valence-electron chi connectivity index (χ3n) is 3.17. The molecule has 2 aromatic carbocycles. The molecule has 1 heterocycles. The van der Waals surface area contributed by atoms with Crippen molar-refractivity contribution in [3.8, 4) is 11.9 Å². The lowest BCUT2D eigenvalue weighted by Crippen LogP contribution is -1.71. The molecule has 0 unspecified atom stereocenters. The van der Waals surface area contributed by atoms with E-state index in [1.165, 1.54) is 0 Å². The average Bonchev–Trinajstić information content (AvgIpc) is 2.80. The van der Waals surface area contributed by atoms with Crippen molar-refractivity contribution in [1.82, 2.24) is 4.98 Å². The lowest BCUT2D eigenvalue weighted by atomic mass is 10.1. The van der Waals surface area contributed by atoms with Crippen LogP contribution in [-0.4, -0.2) is 10.1 Å². The lowest BCUT2D eigenvalue weighted by Gasteiger charge is -1.95. The summed E-state index contributed by atoms with van der Waals surface area (Å²) in [6.07, 6.45) is 0. The number of rotatable bonds is 2. The standard InChI is InChI=1S/C16H12N4O/c1-10-2-7-14-13(8-10)15(16(21)18-14)20-19-12-5-3-11(9-17)4-6-12/h2-8,18,21H,1H3. The van der Waals surface area contributed by atoms with Gasteiger partial charge in [-0.15, -0.1) is 5.11 Å². The van der Waals surface area contributed by atoms with Crippen LogP contribution in [0.5, 0.6) is 5.88 Å². The molecule has 0 fully saturated rings. The Morgan fingerprint density at radius 1 is 1.10 bits per heavy atom. The van der Waals surface area contributed by atoms with Crippen molar-refractivity contribution in [3.63, 3.8) is 0 Å². The van der Waals surface area contributed by atoms with Crippen LogP contribution in [0.2, 0.25) is 0 Å². The number of nitriles is 1. The van der Waals surface area contributed by atoms with Gasteiger partial charge in [-0.05, 0) is 43.3 Å². The SMILES string of the molecule is Cc1ccc2[nH]c(O)c(N=Nc3ccc(C#N)cc3)c2c1. The summed E-state index contributed by atoms with van der Waals surface area (Å²) in [6, 6.07) is 14.6. The van der Waals surface area contributed by atoms with Crippen LogP contribution in [0.15, 0.2) is 52.7 Å². The van der Waals surface area contributed by atoms with Gasteiger partial charge in [-0.1, -0.05) is 11.6 Å². The summed E-state index contributed by atoms with van der Waals surface area (Å²) in [5.74, 6) is -0.00649. The molecule has 0 aliphatic carbocycles. The number of H-pyrrole nitrogens is 1. The zero-order valence-electron chi connectivity index (χ0n) is 11.3. The largest absolute Gasteiger partial charge is 0.493 e. The highest BCUT2D eigenvalue weighted by Crippen LogP contribution is 2.36. The monoisotopic (exact) mass is 276 g/mol. The molecule has 0 saturated carbocycles. The molecule has 2 N–H and O–H groups in total. The molecular weight excluding hydrogens is 264 g/mol. The molecule has 0 saturated heterocycles. The van der Waals surface area contributed by atoms with E-state index in [1.807, 2.05) is 31.2 Å². The van der Waals surface area contributed by atoms with E-state index < -0.39 is 0 Å². The first kappa shape index (κ1) is 12.9. The summed E-state index contributed by atoms with van der Waals surface area (Å²) in [7, 11) is 0. The molecule has 0 amide bonds. The summed E-state index contributed by atoms with van der Waals surface area (Å²) in [5, 5.41) is 27.7. The van der Waals surface area contributed by atoms with E-state index in [0.29, 0.717) is 16.9 Å². The first-order chi connectivity index (χ1) is 10.2. The van der Waals surface area contributed by atoms with Gasteiger partial charge in [-0.2, -0.15) is 10.4 Å². The molecule has 0 aliphatic rings. The second-order valence-electron chi connectivity index (χ2n) is 4.73. The number of hydrogen-bond donors (Lipinski definition) is 2. The number of fused-ring (bicyclic) bond motifs is 1. The maximum Gasteiger partial charge on any atom is 0.218 e. The topological polar surface area (TPSA) is 84.5 Å². The molecule has 21 heavy (non-hydrogen) atoms. The predicted octanol–water partition coefficient (Wildman–Crippen LogP) is 4.47. The molecule has 3 rings (SSSR count). The van der Waals surface area contributed by atoms with Crippen LogP contribution in [-0.2, 0) is 0 Å². The summed E-state index contributed by atoms with van der Waals surface area (Å²) >= 11 is 0. The number of hydrogen-bond acceptors (Lipinski definition) is 4. The molecular formula is C16H12N4O. The number of benzene rings is 2. The second-order valence-corrected chi connectivity index (χ2v) is 4.73. The van der Waals surface area contributed by atoms with E-state index in [2.05, 4.69) is 15.2 Å². The Morgan fingerprint density at radius 3 is 2.57 bits per heavy atom. The van der Waals surface area contributed by atoms with Gasteiger partial charge in [0.15, 0.2) is 5.69 Å². The highest BCUT2D eigenvalue weighted by atomic mass is 16.3. The van der Waals surface area contributed by atoms with Gasteiger partial charge in [0.05, 0.1) is 22.8 Å². The van der Waals surface area contributed by atoms with Crippen LogP contribution < -0.4 is 0 Å². The number of aromatic nitrogens is 1. The van der Waals surface area contributed by atoms with Crippen LogP contribution in [0.1, 0.15) is 11.1 Å². The maximum atomic E-state index is 9.93. The Labute approximate surface area is 121 Å². The Kier molecular flexibility index (Phi) is 3.13. The molecule has 0 radical (unpaired) electrons. The quantitative estimate of drug-likeness (QED) is 0.677. The number of aryl methyl sites for hydroxylation is 1. The molecule has 0 spiro atoms. The summed E-state index contributed by atoms with van der Waals surface area (Å²) in [4.78, 5) is 2.87. The minimum atomic E-state index is -0.00649. The Balaban J connectivity index is 2.00. The zero-order chi connectivity index (χ0) is 14.8. The van der Waals surface area contributed by atoms with Gasteiger partial charge >= 0.3 is 0 Å². The number of azo groups is 1. The third-order valence-corrected chi connectivity index (χ3v) is 3.17. The molecule has 1 aromatic heterocycles. The van der Waals surface area contributed by atoms with Crippen LogP contribution in [0, 0.1) is 18.3 Å². The van der Waals surface area contributed by atoms with Crippen molar-refractivity contribution in [2.75, 3.05) is 0 Å². The van der Waals surface area contributed by atoms with Crippen molar-refractivity contribution in [2.24, 2.45) is 10.2 Å². The summed E-state index contributed by atoms with van der Waals surface area (Å²) in [5.41, 5.74) is 3.50. The number of nitrogens with one attached hydrogen (secondary N) is 1. The number of aromatic hydroxyl groups is 1. The molecule has 5 nitrogen and oxygen atoms in total. The minimum Gasteiger partial charge on any atom is -0.493 e. The van der Waals surface area contributed by atoms with E-state index in [-0.39, 0.29) is 5.88 Å². The average molecular weight is 276 g/mol. The Bertz CT molecular complexity index is 870. The fourth-order valence-electron chi connectivity index (χ4n) is 2.09. The highest BCUT2D eigenvalue weighted by molar-refractivity contribution is 5.94. The molecule has 102 valence electrons. The number of nitrogens with zero attached hydrogens (tertiary/aromatic N) is 3. The third kappa shape index (κ3) is 2.47. The van der Waals surface area contributed by atoms with Gasteiger partial charge in [0.2, 0.25) is 5.88 Å². The fraction of sp³-hybridized carbons (Fsp3) is 0.0625. The van der Waals surface area contributed by atoms with Gasteiger partial charge in [0.25, 0.3) is 0 Å². The lowest BCUT2D eigenvalue weighted by molar-refractivity contribution is 0.459. The van der Waals surface area contributed by atoms with Crippen molar-refractivity contribution in [3.05, 3.63) is 53.6 Å². The van der Waals surface area contributed by atoms with Crippen molar-refractivity contribution < 1.29 is 5.11 Å². The summed E-state index contributed by atoms with van der Waals surface area (Å²) in [6.45, 7) is 1.98. The van der Waals surface area contributed by atoms with E-state index >= 15 is 0 Å². The van der Waals surface area contributed by atoms with E-state index in [0.717, 1.165) is 16.5 Å². The first-order valence-corrected chi connectivity index (χ1v) is 6.40. The van der Waals surface area contributed by atoms with Gasteiger partial charge in [-0.25, -0.2) is 0 Å². The predicted molar refractivity (Wildman–Crippen MR) is 80.0 cm³/mol. The van der Waals surface area contributed by atoms with E-state index in [4.69, 9.17) is 5.26 Å². The number of aromatic amines is 1. The van der Waals surface area contributed by atoms with Crippen LogP contribution in [0.25, 0.3) is 10.9 Å². The van der Waals surface area contributed by atoms with Crippen molar-refractivity contribution >= 4 is 22.3 Å². The fourth-order valence-corrected chi connectivity index (χ4v) is 2.09. The molecule has 0 atom stereocenters. The smallest absolute Gasteiger partial charge is 0.218 e. The van der Waals surface area contributed by atoms with Gasteiger partial charge in [0, 0.05) is 5.39 Å². The van der Waals surface area contributed by atoms with Crippen LogP contribution in [0.3, 0.4) is 0 Å². The van der Waals surface area contributed by atoms with Crippen LogP contribution >= 0.6 is 0 Å². The zero-order valence-corrected chi connectivity index (χ0v) is 11.3. The normalized spacial score (nSPS) is 11.0. The molecule has 5 heteroatoms. The second kappa shape index (κ2) is 5.10. The highest BCUT2D eigenvalue weighted by Gasteiger charge is 2.10. The molecule has 0 aliphatic heterocycles. The Hall–Kier alpha value is -3.13. The Morgan fingerprint density at radius 2 is 1.86 bits per heavy atom. The van der Waals surface area contributed by atoms with Crippen LogP contribution in [0.4, 0.5) is 11.4 Å². The minimum absolute atomic E-state index is 0.00649. The maximum absolute atomic E-state index is 9.93. The van der Waals surface area contributed by atoms with E-state index in [9.17, 15) is 5.11 Å². The molecule has 0 bridgehead atoms. The van der Waals surface area contributed by atoms with Gasteiger partial charge < -0.3 is 10.1 Å². The van der Waals surface area contributed by atoms with Crippen molar-refractivity contribution in [1.29, 1.82) is 5.26 Å². The van der Waals surface area contributed by atoms with Crippen molar-refractivity contribution in [2.45, 2.75) is 6.92 Å². The summed E-state index contributed by atoms with van der Waals surface area (Å²) < 4.78 is 0. The van der Waals surface area contributed by atoms with Gasteiger partial charge in [0.1, 0.15) is 0 Å². The molecule has 3 aromatic rings. The first-order valence-electron chi connectivity index (χ1n) is 6.40. The van der Waals surface area contributed by atoms with E-state index in [1.54, 1.807) is 24.3 Å². The van der Waals surface area contributed by atoms with Gasteiger partial charge in [-0.3, -0.25) is 0 Å².